The first-order valence-electron chi connectivity index (χ1n) is 8.10. The zero-order chi connectivity index (χ0) is 19.2. The van der Waals surface area contributed by atoms with E-state index in [1.54, 1.807) is 44.2 Å². The van der Waals surface area contributed by atoms with Crippen molar-refractivity contribution in [1.82, 2.24) is 4.72 Å². The van der Waals surface area contributed by atoms with Crippen LogP contribution >= 0.6 is 0 Å². The second kappa shape index (κ2) is 8.48. The lowest BCUT2D eigenvalue weighted by Gasteiger charge is -2.15. The van der Waals surface area contributed by atoms with E-state index < -0.39 is 10.0 Å². The normalized spacial score (nSPS) is 11.0. The Hall–Kier alpha value is -2.87. The fourth-order valence-corrected chi connectivity index (χ4v) is 4.08. The highest BCUT2D eigenvalue weighted by Gasteiger charge is 2.16. The average molecular weight is 368 g/mol. The van der Waals surface area contributed by atoms with Gasteiger partial charge in [-0.2, -0.15) is 10.5 Å². The zero-order valence-corrected chi connectivity index (χ0v) is 15.5. The molecule has 0 radical (unpaired) electrons. The van der Waals surface area contributed by atoms with Crippen LogP contribution in [0, 0.1) is 22.7 Å². The molecule has 0 unspecified atom stereocenters. The van der Waals surface area contributed by atoms with Gasteiger partial charge in [-0.05, 0) is 37.1 Å². The van der Waals surface area contributed by atoms with E-state index >= 15 is 0 Å². The maximum absolute atomic E-state index is 12.2. The number of nitriles is 2. The number of sulfonamides is 1. The molecule has 0 aliphatic rings. The van der Waals surface area contributed by atoms with E-state index in [1.807, 2.05) is 12.1 Å². The third-order valence-electron chi connectivity index (χ3n) is 3.64. The molecule has 0 saturated heterocycles. The van der Waals surface area contributed by atoms with Crippen LogP contribution in [-0.2, 0) is 22.3 Å². The number of nitrogens with one attached hydrogen (secondary N) is 2. The lowest BCUT2D eigenvalue weighted by Crippen LogP contribution is -2.31. The van der Waals surface area contributed by atoms with Gasteiger partial charge < -0.3 is 5.32 Å². The van der Waals surface area contributed by atoms with E-state index in [2.05, 4.69) is 22.2 Å². The Morgan fingerprint density at radius 3 is 2.08 bits per heavy atom. The molecule has 2 rings (SSSR count). The van der Waals surface area contributed by atoms with Gasteiger partial charge in [0.2, 0.25) is 10.0 Å². The minimum atomic E-state index is -3.45. The largest absolute Gasteiger partial charge is 0.379 e. The summed E-state index contributed by atoms with van der Waals surface area (Å²) in [6, 6.07) is 16.1. The summed E-state index contributed by atoms with van der Waals surface area (Å²) in [7, 11) is -3.45. The molecule has 26 heavy (non-hydrogen) atoms. The Morgan fingerprint density at radius 2 is 1.54 bits per heavy atom. The molecule has 0 bridgehead atoms. The van der Waals surface area contributed by atoms with Crippen LogP contribution in [0.2, 0.25) is 0 Å². The van der Waals surface area contributed by atoms with Crippen LogP contribution in [-0.4, -0.2) is 14.5 Å². The topological polar surface area (TPSA) is 106 Å². The van der Waals surface area contributed by atoms with Gasteiger partial charge in [-0.3, -0.25) is 0 Å². The van der Waals surface area contributed by atoms with Crippen LogP contribution in [0.5, 0.6) is 0 Å². The molecule has 6 nitrogen and oxygen atoms in total. The molecule has 0 aliphatic heterocycles. The maximum Gasteiger partial charge on any atom is 0.216 e. The van der Waals surface area contributed by atoms with Gasteiger partial charge >= 0.3 is 0 Å². The third-order valence-corrected chi connectivity index (χ3v) is 5.16. The Kier molecular flexibility index (Phi) is 6.35. The number of hydrogen-bond acceptors (Lipinski definition) is 5. The predicted octanol–water partition coefficient (Wildman–Crippen LogP) is 2.87. The SMILES string of the molecule is CC(C)NS(=O)(=O)Cc1ccccc1CNc1c(C#N)cccc1C#N. The fraction of sp³-hybridized carbons (Fsp3) is 0.263. The fourth-order valence-electron chi connectivity index (χ4n) is 2.59. The lowest BCUT2D eigenvalue weighted by atomic mass is 10.1. The van der Waals surface area contributed by atoms with Crippen molar-refractivity contribution >= 4 is 15.7 Å². The number of nitrogens with zero attached hydrogens (tertiary/aromatic N) is 2. The third kappa shape index (κ3) is 5.06. The van der Waals surface area contributed by atoms with E-state index in [1.165, 1.54) is 0 Å². The molecule has 0 amide bonds. The van der Waals surface area contributed by atoms with E-state index in [0.29, 0.717) is 28.9 Å². The first kappa shape index (κ1) is 19.5. The van der Waals surface area contributed by atoms with Crippen LogP contribution < -0.4 is 10.0 Å². The number of rotatable bonds is 7. The van der Waals surface area contributed by atoms with Gasteiger partial charge in [0.1, 0.15) is 12.1 Å². The number of benzene rings is 2. The van der Waals surface area contributed by atoms with Crippen molar-refractivity contribution in [3.8, 4) is 12.1 Å². The Bertz CT molecular complexity index is 938. The summed E-state index contributed by atoms with van der Waals surface area (Å²) in [6.45, 7) is 3.85. The Balaban J connectivity index is 2.26. The summed E-state index contributed by atoms with van der Waals surface area (Å²) >= 11 is 0. The highest BCUT2D eigenvalue weighted by Crippen LogP contribution is 2.22. The van der Waals surface area contributed by atoms with Gasteiger partial charge in [0.05, 0.1) is 22.6 Å². The van der Waals surface area contributed by atoms with E-state index in [0.717, 1.165) is 5.56 Å². The molecule has 134 valence electrons. The first-order chi connectivity index (χ1) is 12.4. The number of hydrogen-bond donors (Lipinski definition) is 2. The molecule has 2 N–H and O–H groups in total. The summed E-state index contributed by atoms with van der Waals surface area (Å²) in [5.41, 5.74) is 2.65. The van der Waals surface area contributed by atoms with Crippen LogP contribution in [0.25, 0.3) is 0 Å². The van der Waals surface area contributed by atoms with Crippen molar-refractivity contribution in [1.29, 1.82) is 10.5 Å². The number of anilines is 1. The molecule has 2 aromatic carbocycles. The quantitative estimate of drug-likeness (QED) is 0.782. The van der Waals surface area contributed by atoms with Gasteiger partial charge in [-0.1, -0.05) is 30.3 Å². The van der Waals surface area contributed by atoms with Gasteiger partial charge in [-0.15, -0.1) is 0 Å². The minimum Gasteiger partial charge on any atom is -0.379 e. The first-order valence-corrected chi connectivity index (χ1v) is 9.75. The Labute approximate surface area is 154 Å². The number of para-hydroxylation sites is 1. The summed E-state index contributed by atoms with van der Waals surface area (Å²) in [4.78, 5) is 0. The standard InChI is InChI=1S/C19H20N4O2S/c1-14(2)23-26(24,25)13-18-7-4-3-6-17(18)12-22-19-15(10-20)8-5-9-16(19)11-21/h3-9,14,22-23H,12-13H2,1-2H3. The van der Waals surface area contributed by atoms with E-state index in [4.69, 9.17) is 0 Å². The van der Waals surface area contributed by atoms with Gasteiger partial charge in [-0.25, -0.2) is 13.1 Å². The summed E-state index contributed by atoms with van der Waals surface area (Å²) in [5, 5.41) is 21.6. The summed E-state index contributed by atoms with van der Waals surface area (Å²) in [6.07, 6.45) is 0. The van der Waals surface area contributed by atoms with Crippen molar-refractivity contribution < 1.29 is 8.42 Å². The van der Waals surface area contributed by atoms with Crippen LogP contribution in [0.3, 0.4) is 0 Å². The highest BCUT2D eigenvalue weighted by molar-refractivity contribution is 7.88. The van der Waals surface area contributed by atoms with Crippen molar-refractivity contribution in [2.24, 2.45) is 0 Å². The molecule has 0 atom stereocenters. The molecule has 0 spiro atoms. The van der Waals surface area contributed by atoms with Crippen LogP contribution in [0.1, 0.15) is 36.1 Å². The molecular weight excluding hydrogens is 348 g/mol. The maximum atomic E-state index is 12.2. The summed E-state index contributed by atoms with van der Waals surface area (Å²) in [5.74, 6) is -0.131. The van der Waals surface area contributed by atoms with Gasteiger partial charge in [0, 0.05) is 12.6 Å². The smallest absolute Gasteiger partial charge is 0.216 e. The van der Waals surface area contributed by atoms with E-state index in [9.17, 15) is 18.9 Å². The molecular formula is C19H20N4O2S. The molecule has 0 heterocycles. The van der Waals surface area contributed by atoms with Crippen molar-refractivity contribution in [3.05, 3.63) is 64.7 Å². The molecule has 0 aliphatic carbocycles. The molecule has 7 heteroatoms. The minimum absolute atomic E-state index is 0.131. The average Bonchev–Trinajstić information content (AvgIpc) is 2.59. The van der Waals surface area contributed by atoms with Crippen molar-refractivity contribution in [2.45, 2.75) is 32.2 Å². The lowest BCUT2D eigenvalue weighted by molar-refractivity contribution is 0.569. The molecule has 0 saturated carbocycles. The van der Waals surface area contributed by atoms with Crippen LogP contribution in [0.15, 0.2) is 42.5 Å². The molecule has 0 fully saturated rings. The van der Waals surface area contributed by atoms with Crippen LogP contribution in [0.4, 0.5) is 5.69 Å². The van der Waals surface area contributed by atoms with Crippen molar-refractivity contribution in [3.63, 3.8) is 0 Å². The van der Waals surface area contributed by atoms with Crippen molar-refractivity contribution in [2.75, 3.05) is 5.32 Å². The monoisotopic (exact) mass is 368 g/mol. The van der Waals surface area contributed by atoms with Gasteiger partial charge in [0.15, 0.2) is 0 Å². The highest BCUT2D eigenvalue weighted by atomic mass is 32.2. The Morgan fingerprint density at radius 1 is 0.962 bits per heavy atom. The summed E-state index contributed by atoms with van der Waals surface area (Å²) < 4.78 is 27.0. The van der Waals surface area contributed by atoms with E-state index in [-0.39, 0.29) is 11.8 Å². The predicted molar refractivity (Wildman–Crippen MR) is 101 cm³/mol. The zero-order valence-electron chi connectivity index (χ0n) is 14.7. The molecule has 0 aromatic heterocycles. The molecule has 2 aromatic rings. The second-order valence-electron chi connectivity index (χ2n) is 6.11. The van der Waals surface area contributed by atoms with Gasteiger partial charge in [0.25, 0.3) is 0 Å². The second-order valence-corrected chi connectivity index (χ2v) is 7.86.